The Bertz CT molecular complexity index is 602. The highest BCUT2D eigenvalue weighted by atomic mass is 79.9. The van der Waals surface area contributed by atoms with E-state index in [4.69, 9.17) is 0 Å². The lowest BCUT2D eigenvalue weighted by Crippen LogP contribution is -2.07. The summed E-state index contributed by atoms with van der Waals surface area (Å²) in [7, 11) is 0. The molecule has 0 atom stereocenters. The molecular formula is C15H18BrN3S. The van der Waals surface area contributed by atoms with Crippen LogP contribution in [-0.4, -0.2) is 16.5 Å². The first-order valence-corrected chi connectivity index (χ1v) is 8.30. The summed E-state index contributed by atoms with van der Waals surface area (Å²) >= 11 is 5.26. The number of nitrogens with zero attached hydrogens (tertiary/aromatic N) is 2. The second kappa shape index (κ2) is 7.09. The first-order valence-electron chi connectivity index (χ1n) is 6.69. The molecule has 0 saturated carbocycles. The molecule has 0 aliphatic carbocycles. The molecule has 0 unspecified atom stereocenters. The lowest BCUT2D eigenvalue weighted by molar-refractivity contribution is 0.870. The van der Waals surface area contributed by atoms with Crippen molar-refractivity contribution in [2.24, 2.45) is 0 Å². The summed E-state index contributed by atoms with van der Waals surface area (Å²) in [5, 5.41) is 4.33. The minimum absolute atomic E-state index is 0.836. The Hall–Kier alpha value is -1.07. The fourth-order valence-electron chi connectivity index (χ4n) is 1.77. The van der Waals surface area contributed by atoms with Crippen LogP contribution in [0.3, 0.4) is 0 Å². The summed E-state index contributed by atoms with van der Waals surface area (Å²) in [4.78, 5) is 10.4. The molecule has 5 heteroatoms. The maximum absolute atomic E-state index is 4.66. The second-order valence-electron chi connectivity index (χ2n) is 4.33. The van der Waals surface area contributed by atoms with E-state index in [2.05, 4.69) is 58.1 Å². The zero-order chi connectivity index (χ0) is 14.5. The molecule has 0 fully saturated rings. The number of aromatic nitrogens is 2. The van der Waals surface area contributed by atoms with Crippen LogP contribution in [0.4, 0.5) is 5.82 Å². The van der Waals surface area contributed by atoms with Crippen molar-refractivity contribution < 1.29 is 0 Å². The van der Waals surface area contributed by atoms with E-state index in [1.807, 2.05) is 18.2 Å². The lowest BCUT2D eigenvalue weighted by atomic mass is 10.3. The highest BCUT2D eigenvalue weighted by Gasteiger charge is 2.12. The Kier molecular flexibility index (Phi) is 5.43. The molecule has 0 bridgehead atoms. The van der Waals surface area contributed by atoms with Crippen LogP contribution in [-0.2, 0) is 6.42 Å². The molecule has 1 N–H and O–H groups in total. The minimum atomic E-state index is 0.836. The third kappa shape index (κ3) is 3.52. The van der Waals surface area contributed by atoms with Crippen LogP contribution < -0.4 is 5.32 Å². The standard InChI is InChI=1S/C15H18BrN3S/c1-4-13-18-14(17-5-2)10(3)15(19-13)20-12-9-7-6-8-11(12)16/h6-9H,4-5H2,1-3H3,(H,17,18,19). The van der Waals surface area contributed by atoms with Gasteiger partial charge in [0, 0.05) is 27.9 Å². The maximum atomic E-state index is 4.66. The number of hydrogen-bond donors (Lipinski definition) is 1. The maximum Gasteiger partial charge on any atom is 0.133 e. The van der Waals surface area contributed by atoms with Gasteiger partial charge < -0.3 is 5.32 Å². The smallest absolute Gasteiger partial charge is 0.133 e. The monoisotopic (exact) mass is 351 g/mol. The van der Waals surface area contributed by atoms with Crippen molar-refractivity contribution in [2.45, 2.75) is 37.1 Å². The number of nitrogens with one attached hydrogen (secondary N) is 1. The third-order valence-corrected chi connectivity index (χ3v) is 4.97. The number of aryl methyl sites for hydroxylation is 1. The van der Waals surface area contributed by atoms with E-state index in [1.165, 1.54) is 4.90 Å². The summed E-state index contributed by atoms with van der Waals surface area (Å²) in [6.07, 6.45) is 0.836. The van der Waals surface area contributed by atoms with Gasteiger partial charge in [0.2, 0.25) is 0 Å². The molecule has 2 aromatic rings. The van der Waals surface area contributed by atoms with Crippen molar-refractivity contribution in [3.8, 4) is 0 Å². The van der Waals surface area contributed by atoms with Gasteiger partial charge >= 0.3 is 0 Å². The molecule has 0 spiro atoms. The van der Waals surface area contributed by atoms with Gasteiger partial charge in [-0.25, -0.2) is 9.97 Å². The van der Waals surface area contributed by atoms with Crippen molar-refractivity contribution in [3.63, 3.8) is 0 Å². The summed E-state index contributed by atoms with van der Waals surface area (Å²) in [5.74, 6) is 1.81. The van der Waals surface area contributed by atoms with Gasteiger partial charge in [-0.2, -0.15) is 0 Å². The van der Waals surface area contributed by atoms with Crippen LogP contribution in [0.2, 0.25) is 0 Å². The van der Waals surface area contributed by atoms with Gasteiger partial charge in [0.15, 0.2) is 0 Å². The Morgan fingerprint density at radius 2 is 1.95 bits per heavy atom. The summed E-state index contributed by atoms with van der Waals surface area (Å²) in [6.45, 7) is 7.08. The Morgan fingerprint density at radius 1 is 1.20 bits per heavy atom. The molecule has 1 aromatic carbocycles. The molecule has 20 heavy (non-hydrogen) atoms. The number of anilines is 1. The van der Waals surface area contributed by atoms with Crippen LogP contribution >= 0.6 is 27.7 Å². The van der Waals surface area contributed by atoms with Crippen molar-refractivity contribution in [1.29, 1.82) is 0 Å². The number of benzene rings is 1. The Labute approximate surface area is 132 Å². The molecule has 0 aliphatic heterocycles. The molecule has 2 rings (SSSR count). The first kappa shape index (κ1) is 15.3. The first-order chi connectivity index (χ1) is 9.65. The van der Waals surface area contributed by atoms with Crippen LogP contribution in [0.1, 0.15) is 25.2 Å². The molecule has 0 saturated heterocycles. The van der Waals surface area contributed by atoms with E-state index < -0.39 is 0 Å². The molecule has 1 heterocycles. The highest BCUT2D eigenvalue weighted by Crippen LogP contribution is 2.35. The normalized spacial score (nSPS) is 10.6. The van der Waals surface area contributed by atoms with Gasteiger partial charge in [-0.15, -0.1) is 0 Å². The van der Waals surface area contributed by atoms with Gasteiger partial charge in [0.1, 0.15) is 16.7 Å². The van der Waals surface area contributed by atoms with E-state index in [0.29, 0.717) is 0 Å². The summed E-state index contributed by atoms with van der Waals surface area (Å²) < 4.78 is 1.09. The largest absolute Gasteiger partial charge is 0.370 e. The van der Waals surface area contributed by atoms with Gasteiger partial charge in [0.25, 0.3) is 0 Å². The van der Waals surface area contributed by atoms with Crippen molar-refractivity contribution >= 4 is 33.5 Å². The molecule has 0 aliphatic rings. The van der Waals surface area contributed by atoms with E-state index in [-0.39, 0.29) is 0 Å². The zero-order valence-corrected chi connectivity index (χ0v) is 14.3. The van der Waals surface area contributed by atoms with Crippen LogP contribution in [0.5, 0.6) is 0 Å². The molecule has 1 aromatic heterocycles. The van der Waals surface area contributed by atoms with Crippen molar-refractivity contribution in [2.75, 3.05) is 11.9 Å². The third-order valence-electron chi connectivity index (χ3n) is 2.85. The van der Waals surface area contributed by atoms with E-state index in [9.17, 15) is 0 Å². The fraction of sp³-hybridized carbons (Fsp3) is 0.333. The SMILES string of the molecule is CCNc1nc(CC)nc(Sc2ccccc2Br)c1C. The zero-order valence-electron chi connectivity index (χ0n) is 11.9. The predicted molar refractivity (Wildman–Crippen MR) is 88.6 cm³/mol. The summed E-state index contributed by atoms with van der Waals surface area (Å²) in [5.41, 5.74) is 1.10. The summed E-state index contributed by atoms with van der Waals surface area (Å²) in [6, 6.07) is 8.19. The van der Waals surface area contributed by atoms with Crippen molar-refractivity contribution in [1.82, 2.24) is 9.97 Å². The van der Waals surface area contributed by atoms with Crippen LogP contribution in [0.15, 0.2) is 38.7 Å². The van der Waals surface area contributed by atoms with Crippen LogP contribution in [0, 0.1) is 6.92 Å². The molecule has 3 nitrogen and oxygen atoms in total. The van der Waals surface area contributed by atoms with Gasteiger partial charge in [-0.3, -0.25) is 0 Å². The van der Waals surface area contributed by atoms with Gasteiger partial charge in [0.05, 0.1) is 0 Å². The van der Waals surface area contributed by atoms with E-state index >= 15 is 0 Å². The number of hydrogen-bond acceptors (Lipinski definition) is 4. The Balaban J connectivity index is 2.40. The lowest BCUT2D eigenvalue weighted by Gasteiger charge is -2.13. The molecule has 0 radical (unpaired) electrons. The minimum Gasteiger partial charge on any atom is -0.370 e. The van der Waals surface area contributed by atoms with E-state index in [0.717, 1.165) is 39.7 Å². The quantitative estimate of drug-likeness (QED) is 0.792. The molecular weight excluding hydrogens is 334 g/mol. The molecule has 0 amide bonds. The van der Waals surface area contributed by atoms with Crippen molar-refractivity contribution in [3.05, 3.63) is 40.1 Å². The topological polar surface area (TPSA) is 37.8 Å². The fourth-order valence-corrected chi connectivity index (χ4v) is 3.22. The highest BCUT2D eigenvalue weighted by molar-refractivity contribution is 9.10. The van der Waals surface area contributed by atoms with Gasteiger partial charge in [-0.05, 0) is 41.9 Å². The van der Waals surface area contributed by atoms with E-state index in [1.54, 1.807) is 11.8 Å². The molecule has 106 valence electrons. The van der Waals surface area contributed by atoms with Gasteiger partial charge in [-0.1, -0.05) is 30.8 Å². The number of rotatable bonds is 5. The second-order valence-corrected chi connectivity index (χ2v) is 6.22. The number of halogens is 1. The average molecular weight is 352 g/mol. The average Bonchev–Trinajstić information content (AvgIpc) is 2.45. The Morgan fingerprint density at radius 3 is 2.60 bits per heavy atom. The van der Waals surface area contributed by atoms with Crippen LogP contribution in [0.25, 0.3) is 0 Å². The predicted octanol–water partition coefficient (Wildman–Crippen LogP) is 4.69.